The fourth-order valence-corrected chi connectivity index (χ4v) is 11.3. The van der Waals surface area contributed by atoms with E-state index in [-0.39, 0.29) is 31.3 Å². The highest BCUT2D eigenvalue weighted by Crippen LogP contribution is 2.78. The van der Waals surface area contributed by atoms with Gasteiger partial charge in [0.1, 0.15) is 28.5 Å². The molecule has 7 fully saturated rings. The van der Waals surface area contributed by atoms with Crippen LogP contribution in [0.1, 0.15) is 86.0 Å². The highest BCUT2D eigenvalue weighted by Gasteiger charge is 2.88. The van der Waals surface area contributed by atoms with Crippen molar-refractivity contribution in [1.82, 2.24) is 4.90 Å². The van der Waals surface area contributed by atoms with Gasteiger partial charge in [0, 0.05) is 69.0 Å². The number of carboxylic acid groups (broad SMARTS) is 2. The SMILES string of the molecule is CC(=O)O.CC(=O)O.C[C@H]1CC[C@@H]2N(C1)C[C@@H]1[C@@](O)([C@@H](O)C[C@]3(O)[C@@H]4CC[C@@H]5[C@]6(O)O[C@]4(C[C@]13O)[C@]5(C)CC[C@H]6O)[C@@]2(C)O. The molecule has 14 atom stereocenters. The number of hydrogen-bond acceptors (Lipinski definition) is 11. The number of rotatable bonds is 0. The van der Waals surface area contributed by atoms with Gasteiger partial charge in [-0.05, 0) is 51.4 Å². The second-order valence-corrected chi connectivity index (χ2v) is 15.4. The summed E-state index contributed by atoms with van der Waals surface area (Å²) in [6.07, 6.45) is 0.752. The first-order valence-corrected chi connectivity index (χ1v) is 15.9. The fourth-order valence-electron chi connectivity index (χ4n) is 11.3. The van der Waals surface area contributed by atoms with Gasteiger partial charge in [0.15, 0.2) is 5.79 Å². The van der Waals surface area contributed by atoms with Crippen LogP contribution in [0.4, 0.5) is 0 Å². The molecule has 7 aliphatic rings. The minimum Gasteiger partial charge on any atom is -0.481 e. The molecule has 7 rings (SSSR count). The van der Waals surface area contributed by atoms with Crippen LogP contribution in [0.2, 0.25) is 0 Å². The number of piperidine rings is 2. The maximum Gasteiger partial charge on any atom is 0.300 e. The lowest BCUT2D eigenvalue weighted by Crippen LogP contribution is -2.85. The average Bonchev–Trinajstić information content (AvgIpc) is 3.06. The van der Waals surface area contributed by atoms with Crippen LogP contribution in [0.25, 0.3) is 0 Å². The summed E-state index contributed by atoms with van der Waals surface area (Å²) in [5.74, 6) is -4.97. The third-order valence-corrected chi connectivity index (χ3v) is 13.1. The van der Waals surface area contributed by atoms with Crippen molar-refractivity contribution in [2.45, 2.75) is 138 Å². The van der Waals surface area contributed by atoms with Crippen LogP contribution in [0.15, 0.2) is 0 Å². The summed E-state index contributed by atoms with van der Waals surface area (Å²) in [6.45, 7) is 8.87. The monoisotopic (exact) mass is 629 g/mol. The number of aliphatic hydroxyl groups excluding tert-OH is 2. The minimum atomic E-state index is -2.02. The molecule has 3 saturated heterocycles. The Morgan fingerprint density at radius 1 is 0.773 bits per heavy atom. The third-order valence-electron chi connectivity index (χ3n) is 13.1. The smallest absolute Gasteiger partial charge is 0.300 e. The zero-order valence-electron chi connectivity index (χ0n) is 26.3. The zero-order valence-corrected chi connectivity index (χ0v) is 26.3. The van der Waals surface area contributed by atoms with E-state index >= 15 is 0 Å². The topological polar surface area (TPSA) is 229 Å². The summed E-state index contributed by atoms with van der Waals surface area (Å²) < 4.78 is 6.52. The molecule has 4 bridgehead atoms. The Balaban J connectivity index is 0.000000432. The molecule has 1 spiro atoms. The maximum absolute atomic E-state index is 12.7. The van der Waals surface area contributed by atoms with Crippen LogP contribution in [-0.4, -0.2) is 128 Å². The van der Waals surface area contributed by atoms with E-state index in [9.17, 15) is 35.7 Å². The minimum absolute atomic E-state index is 0.0208. The molecule has 13 heteroatoms. The van der Waals surface area contributed by atoms with Crippen LogP contribution >= 0.6 is 0 Å². The van der Waals surface area contributed by atoms with Gasteiger partial charge < -0.3 is 50.7 Å². The van der Waals surface area contributed by atoms with Gasteiger partial charge in [-0.15, -0.1) is 0 Å². The first-order chi connectivity index (χ1) is 20.1. The van der Waals surface area contributed by atoms with E-state index in [1.807, 2.05) is 6.92 Å². The number of carbonyl (C=O) groups is 2. The molecule has 0 amide bonds. The molecule has 0 radical (unpaired) electrons. The zero-order chi connectivity index (χ0) is 33.1. The van der Waals surface area contributed by atoms with E-state index in [2.05, 4.69) is 11.8 Å². The fraction of sp³-hybridized carbons (Fsp3) is 0.935. The lowest BCUT2D eigenvalue weighted by molar-refractivity contribution is -0.354. The number of carboxylic acids is 2. The van der Waals surface area contributed by atoms with Crippen LogP contribution in [0, 0.1) is 29.1 Å². The van der Waals surface area contributed by atoms with Crippen molar-refractivity contribution in [2.24, 2.45) is 29.1 Å². The molecular formula is C31H51NO12. The van der Waals surface area contributed by atoms with Gasteiger partial charge in [-0.3, -0.25) is 14.5 Å². The van der Waals surface area contributed by atoms with E-state index in [0.29, 0.717) is 44.6 Å². The van der Waals surface area contributed by atoms with Crippen molar-refractivity contribution in [3.05, 3.63) is 0 Å². The molecule has 0 unspecified atom stereocenters. The van der Waals surface area contributed by atoms with Gasteiger partial charge in [0.05, 0.1) is 11.7 Å². The van der Waals surface area contributed by atoms with Crippen molar-refractivity contribution in [2.75, 3.05) is 13.1 Å². The molecule has 0 aromatic carbocycles. The van der Waals surface area contributed by atoms with Crippen LogP contribution in [0.5, 0.6) is 0 Å². The lowest BCUT2D eigenvalue weighted by Gasteiger charge is -2.68. The standard InChI is InChI=1S/C27H43NO8.2C2H4O2/c1-14-4-7-18-22(3,31)26(34)17(12-28(18)11-14)24(33)13-25-16(23(24,32)10-20(26)30)6-5-15-21(25,2)9-8-19(29)27(15,35)36-25;2*1-2(3)4/h14-20,29-35H,4-13H2,1-3H3;2*1H3,(H,3,4)/t14-,15-,16-,17-,18-,19+,20-,21+,22-,23-,24-,25-,26+,27-;;/m0../s1. The highest BCUT2D eigenvalue weighted by molar-refractivity contribution is 5.63. The van der Waals surface area contributed by atoms with Gasteiger partial charge in [-0.2, -0.15) is 0 Å². The Morgan fingerprint density at radius 2 is 1.34 bits per heavy atom. The molecule has 3 aliphatic heterocycles. The van der Waals surface area contributed by atoms with Gasteiger partial charge >= 0.3 is 0 Å². The molecule has 0 aromatic rings. The molecular weight excluding hydrogens is 578 g/mol. The third kappa shape index (κ3) is 4.10. The first kappa shape index (κ1) is 33.9. The number of aliphatic hydroxyl groups is 7. The van der Waals surface area contributed by atoms with Gasteiger partial charge in [0.2, 0.25) is 0 Å². The molecule has 4 aliphatic carbocycles. The summed E-state index contributed by atoms with van der Waals surface area (Å²) in [6, 6.07) is -0.360. The summed E-state index contributed by atoms with van der Waals surface area (Å²) in [7, 11) is 0. The molecule has 0 aromatic heterocycles. The van der Waals surface area contributed by atoms with E-state index in [0.717, 1.165) is 20.3 Å². The van der Waals surface area contributed by atoms with Crippen molar-refractivity contribution in [3.63, 3.8) is 0 Å². The first-order valence-electron chi connectivity index (χ1n) is 15.9. The lowest BCUT2D eigenvalue weighted by atomic mass is 9.49. The van der Waals surface area contributed by atoms with Gasteiger partial charge in [0.25, 0.3) is 11.9 Å². The van der Waals surface area contributed by atoms with Crippen LogP contribution in [0.3, 0.4) is 0 Å². The maximum atomic E-state index is 12.7. The van der Waals surface area contributed by atoms with Crippen LogP contribution in [-0.2, 0) is 14.3 Å². The predicted octanol–water partition coefficient (Wildman–Crippen LogP) is -0.344. The molecule has 13 nitrogen and oxygen atoms in total. The molecule has 44 heavy (non-hydrogen) atoms. The quantitative estimate of drug-likeness (QED) is 0.167. The van der Waals surface area contributed by atoms with E-state index in [1.54, 1.807) is 6.92 Å². The largest absolute Gasteiger partial charge is 0.481 e. The number of nitrogens with zero attached hydrogens (tertiary/aromatic N) is 1. The molecule has 252 valence electrons. The van der Waals surface area contributed by atoms with Crippen molar-refractivity contribution < 1.29 is 60.3 Å². The second kappa shape index (κ2) is 10.3. The number of fused-ring (bicyclic) bond motifs is 5. The summed E-state index contributed by atoms with van der Waals surface area (Å²) in [5, 5.41) is 98.1. The Hall–Kier alpha value is -1.42. The number of aliphatic carboxylic acids is 2. The summed E-state index contributed by atoms with van der Waals surface area (Å²) in [4.78, 5) is 20.1. The van der Waals surface area contributed by atoms with E-state index in [1.165, 1.54) is 0 Å². The van der Waals surface area contributed by atoms with E-state index < -0.39 is 75.2 Å². The van der Waals surface area contributed by atoms with Crippen molar-refractivity contribution >= 4 is 11.9 Å². The predicted molar refractivity (Wildman–Crippen MR) is 153 cm³/mol. The molecule has 3 heterocycles. The number of ether oxygens (including phenoxy) is 1. The molecule has 4 saturated carbocycles. The average molecular weight is 630 g/mol. The number of hydrogen-bond donors (Lipinski definition) is 9. The Morgan fingerprint density at radius 3 is 1.93 bits per heavy atom. The van der Waals surface area contributed by atoms with E-state index in [4.69, 9.17) is 24.5 Å². The summed E-state index contributed by atoms with van der Waals surface area (Å²) in [5.41, 5.74) is -9.07. The van der Waals surface area contributed by atoms with Crippen molar-refractivity contribution in [1.29, 1.82) is 0 Å². The highest BCUT2D eigenvalue weighted by atomic mass is 16.7. The van der Waals surface area contributed by atoms with Crippen LogP contribution < -0.4 is 0 Å². The Bertz CT molecular complexity index is 1160. The normalized spacial score (nSPS) is 56.8. The van der Waals surface area contributed by atoms with Crippen molar-refractivity contribution in [3.8, 4) is 0 Å². The Kier molecular flexibility index (Phi) is 7.93. The van der Waals surface area contributed by atoms with Gasteiger partial charge in [-0.25, -0.2) is 0 Å². The molecule has 9 N–H and O–H groups in total. The second-order valence-electron chi connectivity index (χ2n) is 15.4. The summed E-state index contributed by atoms with van der Waals surface area (Å²) >= 11 is 0. The Labute approximate surface area is 257 Å². The van der Waals surface area contributed by atoms with Gasteiger partial charge in [-0.1, -0.05) is 13.8 Å².